The van der Waals surface area contributed by atoms with Gasteiger partial charge in [0.15, 0.2) is 6.04 Å². The fourth-order valence-electron chi connectivity index (χ4n) is 6.63. The lowest BCUT2D eigenvalue weighted by Crippen LogP contribution is -2.69. The van der Waals surface area contributed by atoms with Crippen molar-refractivity contribution in [3.63, 3.8) is 0 Å². The molecular formula is C45H81N10O14+. The van der Waals surface area contributed by atoms with E-state index in [1.807, 2.05) is 13.8 Å². The molecule has 69 heavy (non-hydrogen) atoms. The highest BCUT2D eigenvalue weighted by Gasteiger charge is 2.36. The van der Waals surface area contributed by atoms with Gasteiger partial charge in [-0.25, -0.2) is 4.79 Å². The van der Waals surface area contributed by atoms with Gasteiger partial charge in [0.25, 0.3) is 5.91 Å². The Hall–Kier alpha value is -5.91. The Morgan fingerprint density at radius 2 is 0.884 bits per heavy atom. The lowest BCUT2D eigenvalue weighted by Gasteiger charge is -2.29. The molecule has 0 saturated carbocycles. The largest absolute Gasteiger partial charge is 0.481 e. The molecule has 0 unspecified atom stereocenters. The summed E-state index contributed by atoms with van der Waals surface area (Å²) in [5, 5.41) is 51.3. The highest BCUT2D eigenvalue weighted by molar-refractivity contribution is 5.97. The Labute approximate surface area is 404 Å². The van der Waals surface area contributed by atoms with Crippen LogP contribution in [0.25, 0.3) is 0 Å². The maximum absolute atomic E-state index is 13.8. The highest BCUT2D eigenvalue weighted by atomic mass is 16.4. The molecule has 0 saturated heterocycles. The highest BCUT2D eigenvalue weighted by Crippen LogP contribution is 2.13. The van der Waals surface area contributed by atoms with Crippen LogP contribution in [0.1, 0.15) is 122 Å². The first-order chi connectivity index (χ1) is 32.0. The van der Waals surface area contributed by atoms with E-state index < -0.39 is 150 Å². The number of carbonyl (C=O) groups excluding carboxylic acids is 9. The first-order valence-corrected chi connectivity index (χ1v) is 23.6. The van der Waals surface area contributed by atoms with E-state index in [2.05, 4.69) is 53.6 Å². The third-order valence-corrected chi connectivity index (χ3v) is 11.3. The number of carboxylic acid groups (broad SMARTS) is 2. The third-order valence-electron chi connectivity index (χ3n) is 11.3. The summed E-state index contributed by atoms with van der Waals surface area (Å²) in [7, 11) is 0. The van der Waals surface area contributed by atoms with Gasteiger partial charge in [0.2, 0.25) is 47.3 Å². The molecule has 24 nitrogen and oxygen atoms in total. The number of aliphatic hydroxyl groups is 1. The second-order valence-corrected chi connectivity index (χ2v) is 18.8. The predicted octanol–water partition coefficient (Wildman–Crippen LogP) is -2.59. The smallest absolute Gasteiger partial charge is 0.326 e. The summed E-state index contributed by atoms with van der Waals surface area (Å²) in [4.78, 5) is 141. The van der Waals surface area contributed by atoms with Crippen molar-refractivity contribution >= 4 is 65.1 Å². The number of carboxylic acids is 2. The van der Waals surface area contributed by atoms with Crippen molar-refractivity contribution in [2.24, 2.45) is 29.6 Å². The molecule has 9 amide bonds. The number of quaternary nitrogens is 1. The fraction of sp³-hybridized carbons (Fsp3) is 0.756. The lowest BCUT2D eigenvalue weighted by atomic mass is 9.96. The monoisotopic (exact) mass is 986 g/mol. The van der Waals surface area contributed by atoms with E-state index in [0.717, 1.165) is 0 Å². The van der Waals surface area contributed by atoms with E-state index in [4.69, 9.17) is 5.11 Å². The molecule has 0 radical (unpaired) electrons. The maximum Gasteiger partial charge on any atom is 0.326 e. The second kappa shape index (κ2) is 31.3. The third kappa shape index (κ3) is 23.8. The number of carbonyl (C=O) groups is 11. The van der Waals surface area contributed by atoms with Crippen LogP contribution >= 0.6 is 0 Å². The van der Waals surface area contributed by atoms with Gasteiger partial charge in [-0.2, -0.15) is 0 Å². The van der Waals surface area contributed by atoms with Crippen molar-refractivity contribution in [1.29, 1.82) is 0 Å². The van der Waals surface area contributed by atoms with E-state index >= 15 is 0 Å². The van der Waals surface area contributed by atoms with Crippen LogP contribution in [0.2, 0.25) is 0 Å². The number of nitrogens with one attached hydrogen (secondary N) is 9. The van der Waals surface area contributed by atoms with Gasteiger partial charge in [0.05, 0.1) is 25.6 Å². The molecule has 0 fully saturated rings. The Kier molecular flexibility index (Phi) is 28.6. The average molecular weight is 986 g/mol. The van der Waals surface area contributed by atoms with Crippen LogP contribution < -0.4 is 53.6 Å². The Balaban J connectivity index is 5.76. The normalized spacial score (nSPS) is 16.1. The second-order valence-electron chi connectivity index (χ2n) is 18.8. The molecule has 11 atom stereocenters. The summed E-state index contributed by atoms with van der Waals surface area (Å²) < 4.78 is 0. The molecule has 15 N–H and O–H groups in total. The zero-order valence-corrected chi connectivity index (χ0v) is 42.3. The summed E-state index contributed by atoms with van der Waals surface area (Å²) in [6, 6.07) is -9.69. The van der Waals surface area contributed by atoms with Crippen LogP contribution in [0.4, 0.5) is 0 Å². The van der Waals surface area contributed by atoms with Crippen molar-refractivity contribution < 1.29 is 73.8 Å². The fourth-order valence-corrected chi connectivity index (χ4v) is 6.63. The molecule has 0 aliphatic heterocycles. The molecule has 0 aromatic carbocycles. The molecule has 394 valence electrons. The summed E-state index contributed by atoms with van der Waals surface area (Å²) in [6.07, 6.45) is -0.713. The van der Waals surface area contributed by atoms with Gasteiger partial charge < -0.3 is 68.9 Å². The summed E-state index contributed by atoms with van der Waals surface area (Å²) in [5.41, 5.74) is 3.66. The van der Waals surface area contributed by atoms with E-state index in [0.29, 0.717) is 12.8 Å². The number of amides is 9. The van der Waals surface area contributed by atoms with Crippen LogP contribution in [-0.2, 0) is 52.7 Å². The van der Waals surface area contributed by atoms with Crippen molar-refractivity contribution in [3.05, 3.63) is 0 Å². The van der Waals surface area contributed by atoms with Crippen LogP contribution in [0, 0.1) is 29.6 Å². The van der Waals surface area contributed by atoms with Gasteiger partial charge in [-0.1, -0.05) is 82.1 Å². The maximum atomic E-state index is 13.8. The molecule has 0 rings (SSSR count). The van der Waals surface area contributed by atoms with Gasteiger partial charge in [0.1, 0.15) is 42.3 Å². The van der Waals surface area contributed by atoms with Crippen molar-refractivity contribution in [3.8, 4) is 0 Å². The number of rotatable bonds is 32. The van der Waals surface area contributed by atoms with Crippen LogP contribution in [-0.4, -0.2) is 148 Å². The standard InChI is InChI=1S/C45H80N10O14/c1-13-24(9)35(52-31(57)19-47-38(61)26(11)49-40(63)29(17-21(3)4)50-39(62)28(46)15-16-33(59)60)42(65)48-20-32(58)53-36(25(10)14-2)43(66)51-30(18-22(5)6)41(64)55-37(27(12)56)44(67)54-34(23(7)8)45(68)69/h21-30,34-37,56H,13-20,46H2,1-12H3,(H,47,61)(H,48,65)(H,49,63)(H,50,62)(H,51,66)(H,52,57)(H,53,58)(H,54,67)(H,55,64)(H,59,60)(H,68,69)/p+1/t24-,25-,26-,27+,28-,29-,30-,34-,35-,36-,37-/m0/s1. The van der Waals surface area contributed by atoms with Crippen molar-refractivity contribution in [2.75, 3.05) is 13.1 Å². The quantitative estimate of drug-likeness (QED) is 0.0329. The molecule has 0 aliphatic carbocycles. The zero-order valence-electron chi connectivity index (χ0n) is 42.3. The molecule has 0 aromatic rings. The van der Waals surface area contributed by atoms with Crippen LogP contribution in [0.3, 0.4) is 0 Å². The Morgan fingerprint density at radius 1 is 0.478 bits per heavy atom. The molecule has 0 bridgehead atoms. The number of hydrogen-bond acceptors (Lipinski definition) is 12. The summed E-state index contributed by atoms with van der Waals surface area (Å²) >= 11 is 0. The van der Waals surface area contributed by atoms with Gasteiger partial charge in [0, 0.05) is 6.42 Å². The Bertz CT molecular complexity index is 1780. The first-order valence-electron chi connectivity index (χ1n) is 23.6. The van der Waals surface area contributed by atoms with E-state index in [1.54, 1.807) is 55.4 Å². The van der Waals surface area contributed by atoms with E-state index in [1.165, 1.54) is 13.8 Å². The van der Waals surface area contributed by atoms with Gasteiger partial charge >= 0.3 is 11.9 Å². The molecule has 0 spiro atoms. The minimum Gasteiger partial charge on any atom is -0.481 e. The average Bonchev–Trinajstić information content (AvgIpc) is 3.26. The number of aliphatic hydroxyl groups excluding tert-OH is 1. The van der Waals surface area contributed by atoms with E-state index in [9.17, 15) is 63.0 Å². The van der Waals surface area contributed by atoms with Crippen molar-refractivity contribution in [1.82, 2.24) is 47.9 Å². The molecular weight excluding hydrogens is 905 g/mol. The van der Waals surface area contributed by atoms with Gasteiger partial charge in [-0.15, -0.1) is 0 Å². The topological polar surface area (TPSA) is 384 Å². The molecule has 0 aliphatic rings. The molecule has 0 heterocycles. The van der Waals surface area contributed by atoms with Crippen LogP contribution in [0.5, 0.6) is 0 Å². The predicted molar refractivity (Wildman–Crippen MR) is 251 cm³/mol. The number of aliphatic carboxylic acids is 2. The molecule has 24 heteroatoms. The number of hydrogen-bond donors (Lipinski definition) is 13. The summed E-state index contributed by atoms with van der Waals surface area (Å²) in [5.74, 6) is -11.0. The van der Waals surface area contributed by atoms with Crippen molar-refractivity contribution in [2.45, 2.75) is 176 Å². The molecule has 0 aromatic heterocycles. The van der Waals surface area contributed by atoms with Crippen LogP contribution in [0.15, 0.2) is 0 Å². The summed E-state index contributed by atoms with van der Waals surface area (Å²) in [6.45, 7) is 18.6. The minimum absolute atomic E-state index is 0.0454. The van der Waals surface area contributed by atoms with Gasteiger partial charge in [-0.3, -0.25) is 47.9 Å². The first kappa shape index (κ1) is 63.1. The van der Waals surface area contributed by atoms with Gasteiger partial charge in [-0.05, 0) is 56.3 Å². The van der Waals surface area contributed by atoms with E-state index in [-0.39, 0.29) is 37.5 Å². The zero-order chi connectivity index (χ0) is 53.5. The Morgan fingerprint density at radius 3 is 1.29 bits per heavy atom. The SMILES string of the molecule is CC[C@H](C)[C@H](NC(=O)CNC(=O)[C@H](C)NC(=O)[C@H](CC(C)C)NC(=O)[C@@H]([NH3+])CCC(=O)O)C(=O)NCC(=O)N[C@H](C(=O)N[C@@H](CC(C)C)C(=O)N[C@H](C(=O)N[C@H](C(=O)O)C(C)C)[C@@H](C)O)[C@@H](C)CC. The lowest BCUT2D eigenvalue weighted by molar-refractivity contribution is -0.405. The minimum atomic E-state index is -1.57.